The summed E-state index contributed by atoms with van der Waals surface area (Å²) in [6.07, 6.45) is 5.30. The Morgan fingerprint density at radius 1 is 1.30 bits per heavy atom. The van der Waals surface area contributed by atoms with Crippen molar-refractivity contribution in [3.05, 3.63) is 58.3 Å². The van der Waals surface area contributed by atoms with Crippen molar-refractivity contribution in [2.45, 2.75) is 25.8 Å². The molecular formula is C16H16BrN3. The van der Waals surface area contributed by atoms with Crippen molar-refractivity contribution in [1.82, 2.24) is 4.98 Å². The Labute approximate surface area is 127 Å². The van der Waals surface area contributed by atoms with Crippen LogP contribution in [0.4, 0.5) is 5.69 Å². The molecule has 102 valence electrons. The molecule has 1 atom stereocenters. The van der Waals surface area contributed by atoms with Crippen molar-refractivity contribution >= 4 is 21.6 Å². The zero-order chi connectivity index (χ0) is 14.4. The summed E-state index contributed by atoms with van der Waals surface area (Å²) in [5, 5.41) is 12.5. The van der Waals surface area contributed by atoms with E-state index >= 15 is 0 Å². The number of pyridine rings is 1. The van der Waals surface area contributed by atoms with Gasteiger partial charge in [-0.15, -0.1) is 0 Å². The third-order valence-corrected chi connectivity index (χ3v) is 3.72. The first-order chi connectivity index (χ1) is 9.70. The number of nitrogens with zero attached hydrogens (tertiary/aromatic N) is 2. The Balaban J connectivity index is 1.99. The summed E-state index contributed by atoms with van der Waals surface area (Å²) in [4.78, 5) is 4.01. The minimum Gasteiger partial charge on any atom is -0.381 e. The highest BCUT2D eigenvalue weighted by Crippen LogP contribution is 2.26. The molecule has 1 aromatic heterocycles. The molecule has 0 radical (unpaired) electrons. The number of rotatable bonds is 5. The van der Waals surface area contributed by atoms with E-state index in [9.17, 15) is 0 Å². The predicted molar refractivity (Wildman–Crippen MR) is 84.5 cm³/mol. The van der Waals surface area contributed by atoms with Crippen molar-refractivity contribution in [3.8, 4) is 6.07 Å². The van der Waals surface area contributed by atoms with E-state index in [1.807, 2.05) is 6.07 Å². The molecule has 1 heterocycles. The lowest BCUT2D eigenvalue weighted by atomic mass is 10.1. The average molecular weight is 330 g/mol. The summed E-state index contributed by atoms with van der Waals surface area (Å²) in [6, 6.07) is 12.8. The largest absolute Gasteiger partial charge is 0.381 e. The van der Waals surface area contributed by atoms with Crippen LogP contribution in [0, 0.1) is 11.3 Å². The first-order valence-corrected chi connectivity index (χ1v) is 7.34. The lowest BCUT2D eigenvalue weighted by Crippen LogP contribution is -2.17. The molecular weight excluding hydrogens is 314 g/mol. The van der Waals surface area contributed by atoms with Gasteiger partial charge in [0.1, 0.15) is 6.07 Å². The van der Waals surface area contributed by atoms with E-state index in [1.165, 1.54) is 5.56 Å². The quantitative estimate of drug-likeness (QED) is 0.896. The summed E-state index contributed by atoms with van der Waals surface area (Å²) >= 11 is 3.44. The van der Waals surface area contributed by atoms with E-state index in [0.717, 1.165) is 23.0 Å². The highest BCUT2D eigenvalue weighted by atomic mass is 79.9. The van der Waals surface area contributed by atoms with Crippen molar-refractivity contribution in [1.29, 1.82) is 5.26 Å². The fourth-order valence-electron chi connectivity index (χ4n) is 2.01. The van der Waals surface area contributed by atoms with Gasteiger partial charge in [-0.05, 0) is 41.3 Å². The number of hydrogen-bond donors (Lipinski definition) is 1. The van der Waals surface area contributed by atoms with Crippen LogP contribution in [0.25, 0.3) is 0 Å². The van der Waals surface area contributed by atoms with Crippen molar-refractivity contribution in [3.63, 3.8) is 0 Å². The monoisotopic (exact) mass is 329 g/mol. The number of aryl methyl sites for hydroxylation is 1. The van der Waals surface area contributed by atoms with E-state index in [4.69, 9.17) is 5.26 Å². The van der Waals surface area contributed by atoms with Gasteiger partial charge in [0, 0.05) is 18.4 Å². The summed E-state index contributed by atoms with van der Waals surface area (Å²) < 4.78 is 0.822. The van der Waals surface area contributed by atoms with Crippen LogP contribution in [0.15, 0.2) is 47.2 Å². The van der Waals surface area contributed by atoms with E-state index in [0.29, 0.717) is 5.56 Å². The highest BCUT2D eigenvalue weighted by Gasteiger charge is 2.10. The van der Waals surface area contributed by atoms with Gasteiger partial charge in [0.05, 0.1) is 15.7 Å². The van der Waals surface area contributed by atoms with Gasteiger partial charge in [-0.3, -0.25) is 4.98 Å². The molecule has 4 heteroatoms. The van der Waals surface area contributed by atoms with E-state index < -0.39 is 0 Å². The lowest BCUT2D eigenvalue weighted by molar-refractivity contribution is 0.705. The van der Waals surface area contributed by atoms with Crippen LogP contribution in [-0.2, 0) is 6.42 Å². The van der Waals surface area contributed by atoms with Gasteiger partial charge in [-0.2, -0.15) is 5.26 Å². The topological polar surface area (TPSA) is 48.7 Å². The van der Waals surface area contributed by atoms with Crippen molar-refractivity contribution in [2.75, 3.05) is 5.32 Å². The minimum atomic E-state index is 0.279. The Hall–Kier alpha value is -1.86. The highest BCUT2D eigenvalue weighted by molar-refractivity contribution is 9.10. The van der Waals surface area contributed by atoms with Gasteiger partial charge in [-0.1, -0.05) is 30.3 Å². The molecule has 0 aliphatic rings. The number of hydrogen-bond acceptors (Lipinski definition) is 3. The molecule has 0 saturated heterocycles. The summed E-state index contributed by atoms with van der Waals surface area (Å²) in [6.45, 7) is 2.12. The summed E-state index contributed by atoms with van der Waals surface area (Å²) in [5.41, 5.74) is 2.71. The molecule has 0 bridgehead atoms. The Kier molecular flexibility index (Phi) is 5.14. The van der Waals surface area contributed by atoms with Crippen molar-refractivity contribution in [2.24, 2.45) is 0 Å². The van der Waals surface area contributed by atoms with Gasteiger partial charge in [-0.25, -0.2) is 0 Å². The van der Waals surface area contributed by atoms with Gasteiger partial charge in [0.15, 0.2) is 0 Å². The number of halogens is 1. The molecule has 0 fully saturated rings. The van der Waals surface area contributed by atoms with Gasteiger partial charge in [0.25, 0.3) is 0 Å². The van der Waals surface area contributed by atoms with Gasteiger partial charge >= 0.3 is 0 Å². The molecule has 0 saturated carbocycles. The molecule has 1 aromatic carbocycles. The van der Waals surface area contributed by atoms with E-state index in [2.05, 4.69) is 63.5 Å². The van der Waals surface area contributed by atoms with Crippen LogP contribution in [-0.4, -0.2) is 11.0 Å². The molecule has 2 aromatic rings. The van der Waals surface area contributed by atoms with Crippen LogP contribution >= 0.6 is 15.9 Å². The minimum absolute atomic E-state index is 0.279. The van der Waals surface area contributed by atoms with Crippen LogP contribution in [0.3, 0.4) is 0 Å². The molecule has 3 nitrogen and oxygen atoms in total. The second-order valence-corrected chi connectivity index (χ2v) is 5.58. The Morgan fingerprint density at radius 2 is 2.05 bits per heavy atom. The van der Waals surface area contributed by atoms with Crippen LogP contribution in [0.1, 0.15) is 24.5 Å². The number of nitriles is 1. The number of benzene rings is 1. The van der Waals surface area contributed by atoms with E-state index in [-0.39, 0.29) is 6.04 Å². The molecule has 0 aliphatic heterocycles. The number of aromatic nitrogens is 1. The lowest BCUT2D eigenvalue weighted by Gasteiger charge is -2.17. The number of anilines is 1. The normalized spacial score (nSPS) is 11.7. The molecule has 0 aliphatic carbocycles. The van der Waals surface area contributed by atoms with Crippen LogP contribution < -0.4 is 5.32 Å². The molecule has 1 unspecified atom stereocenters. The Morgan fingerprint density at radius 3 is 2.75 bits per heavy atom. The second-order valence-electron chi connectivity index (χ2n) is 4.73. The third kappa shape index (κ3) is 3.82. The molecule has 1 N–H and O–H groups in total. The molecule has 0 spiro atoms. The first-order valence-electron chi connectivity index (χ1n) is 6.54. The van der Waals surface area contributed by atoms with Crippen molar-refractivity contribution < 1.29 is 0 Å². The number of nitrogens with one attached hydrogen (secondary N) is 1. The van der Waals surface area contributed by atoms with E-state index in [1.54, 1.807) is 12.4 Å². The van der Waals surface area contributed by atoms with Crippen LogP contribution in [0.5, 0.6) is 0 Å². The maximum absolute atomic E-state index is 9.11. The third-order valence-electron chi connectivity index (χ3n) is 3.12. The smallest absolute Gasteiger partial charge is 0.103 e. The molecule has 2 rings (SSSR count). The molecule has 0 amide bonds. The molecule has 20 heavy (non-hydrogen) atoms. The maximum atomic E-state index is 9.11. The fraction of sp³-hybridized carbons (Fsp3) is 0.250. The summed E-state index contributed by atoms with van der Waals surface area (Å²) in [7, 11) is 0. The maximum Gasteiger partial charge on any atom is 0.103 e. The average Bonchev–Trinajstić information content (AvgIpc) is 2.48. The van der Waals surface area contributed by atoms with Crippen LogP contribution in [0.2, 0.25) is 0 Å². The first kappa shape index (κ1) is 14.5. The Bertz CT molecular complexity index is 605. The van der Waals surface area contributed by atoms with Gasteiger partial charge < -0.3 is 5.32 Å². The standard InChI is InChI=1S/C16H16BrN3/c1-12(7-8-13-5-3-2-4-6-13)20-16-14(9-18)10-19-11-15(16)17/h2-6,10-12H,7-8H2,1H3,(H,19,20). The van der Waals surface area contributed by atoms with Gasteiger partial charge in [0.2, 0.25) is 0 Å². The fourth-order valence-corrected chi connectivity index (χ4v) is 2.46. The second kappa shape index (κ2) is 7.06. The summed E-state index contributed by atoms with van der Waals surface area (Å²) in [5.74, 6) is 0. The zero-order valence-corrected chi connectivity index (χ0v) is 12.9. The SMILES string of the molecule is CC(CCc1ccccc1)Nc1c(Br)cncc1C#N. The zero-order valence-electron chi connectivity index (χ0n) is 11.3. The predicted octanol–water partition coefficient (Wildman–Crippen LogP) is 4.15.